The zero-order valence-corrected chi connectivity index (χ0v) is 18.8. The number of nitrogens with zero attached hydrogens (tertiary/aromatic N) is 2. The van der Waals surface area contributed by atoms with Crippen LogP contribution in [0, 0.1) is 0 Å². The van der Waals surface area contributed by atoms with Gasteiger partial charge in [-0.05, 0) is 49.8 Å². The van der Waals surface area contributed by atoms with Crippen LogP contribution in [-0.4, -0.2) is 42.6 Å². The number of aryl methyl sites for hydroxylation is 1. The van der Waals surface area contributed by atoms with Gasteiger partial charge in [-0.15, -0.1) is 11.3 Å². The Bertz CT molecular complexity index is 818. The first-order valence-corrected chi connectivity index (χ1v) is 11.3. The molecule has 1 aromatic heterocycles. The summed E-state index contributed by atoms with van der Waals surface area (Å²) in [6.07, 6.45) is 5.66. The number of likely N-dealkylation sites (tertiary alicyclic amines) is 1. The van der Waals surface area contributed by atoms with E-state index < -0.39 is 0 Å². The van der Waals surface area contributed by atoms with Crippen molar-refractivity contribution in [3.8, 4) is 11.5 Å². The number of amides is 1. The third-order valence-corrected chi connectivity index (χ3v) is 6.75. The first-order valence-electron chi connectivity index (χ1n) is 10.5. The van der Waals surface area contributed by atoms with Crippen LogP contribution in [0.3, 0.4) is 0 Å². The lowest BCUT2D eigenvalue weighted by Gasteiger charge is -2.36. The second-order valence-corrected chi connectivity index (χ2v) is 8.86. The molecule has 2 aromatic rings. The first-order chi connectivity index (χ1) is 14.0. The normalized spacial score (nSPS) is 16.9. The van der Waals surface area contributed by atoms with Crippen LogP contribution in [0.5, 0.6) is 11.5 Å². The molecule has 0 aliphatic carbocycles. The fourth-order valence-electron chi connectivity index (χ4n) is 3.92. The average molecular weight is 417 g/mol. The highest BCUT2D eigenvalue weighted by molar-refractivity contribution is 7.09. The molecule has 0 radical (unpaired) electrons. The van der Waals surface area contributed by atoms with Crippen LogP contribution in [0.15, 0.2) is 23.6 Å². The van der Waals surface area contributed by atoms with E-state index in [0.29, 0.717) is 18.4 Å². The number of piperidine rings is 1. The molecule has 0 N–H and O–H groups in total. The Morgan fingerprint density at radius 1 is 1.24 bits per heavy atom. The predicted octanol–water partition coefficient (Wildman–Crippen LogP) is 4.84. The highest BCUT2D eigenvalue weighted by Crippen LogP contribution is 2.29. The maximum Gasteiger partial charge on any atom is 0.228 e. The Morgan fingerprint density at radius 3 is 2.72 bits per heavy atom. The molecule has 1 aliphatic rings. The highest BCUT2D eigenvalue weighted by Gasteiger charge is 2.27. The predicted molar refractivity (Wildman–Crippen MR) is 117 cm³/mol. The maximum absolute atomic E-state index is 13.0. The summed E-state index contributed by atoms with van der Waals surface area (Å²) < 4.78 is 10.7. The number of benzene rings is 1. The number of ether oxygens (including phenoxy) is 2. The molecule has 1 atom stereocenters. The summed E-state index contributed by atoms with van der Waals surface area (Å²) in [5.74, 6) is 2.12. The minimum atomic E-state index is 0.211. The second kappa shape index (κ2) is 10.1. The van der Waals surface area contributed by atoms with E-state index in [1.54, 1.807) is 25.6 Å². The molecule has 0 bridgehead atoms. The van der Waals surface area contributed by atoms with Crippen molar-refractivity contribution in [3.05, 3.63) is 39.8 Å². The first kappa shape index (κ1) is 21.6. The zero-order valence-electron chi connectivity index (χ0n) is 17.9. The number of carbonyl (C=O) groups is 1. The zero-order chi connectivity index (χ0) is 20.8. The third-order valence-electron chi connectivity index (χ3n) is 5.56. The van der Waals surface area contributed by atoms with Crippen LogP contribution < -0.4 is 9.47 Å². The number of hydrogen-bond donors (Lipinski definition) is 0. The number of methoxy groups -OCH3 is 2. The van der Waals surface area contributed by atoms with Crippen molar-refractivity contribution in [1.29, 1.82) is 0 Å². The molecule has 0 spiro atoms. The van der Waals surface area contributed by atoms with Crippen molar-refractivity contribution < 1.29 is 14.3 Å². The smallest absolute Gasteiger partial charge is 0.228 e. The molecule has 5 nitrogen and oxygen atoms in total. The van der Waals surface area contributed by atoms with E-state index in [1.165, 1.54) is 12.0 Å². The molecule has 1 amide bonds. The van der Waals surface area contributed by atoms with Gasteiger partial charge < -0.3 is 14.4 Å². The maximum atomic E-state index is 13.0. The van der Waals surface area contributed by atoms with E-state index in [2.05, 4.69) is 29.8 Å². The molecule has 1 fully saturated rings. The fraction of sp³-hybridized carbons (Fsp3) is 0.565. The minimum Gasteiger partial charge on any atom is -0.493 e. The molecule has 158 valence electrons. The molecule has 29 heavy (non-hydrogen) atoms. The van der Waals surface area contributed by atoms with Crippen molar-refractivity contribution in [2.75, 3.05) is 20.8 Å². The summed E-state index contributed by atoms with van der Waals surface area (Å²) in [5, 5.41) is 3.15. The van der Waals surface area contributed by atoms with E-state index >= 15 is 0 Å². The Balaban J connectivity index is 1.62. The van der Waals surface area contributed by atoms with Crippen LogP contribution >= 0.6 is 11.3 Å². The molecule has 2 heterocycles. The topological polar surface area (TPSA) is 51.7 Å². The van der Waals surface area contributed by atoms with Crippen molar-refractivity contribution in [3.63, 3.8) is 0 Å². The number of hydrogen-bond acceptors (Lipinski definition) is 5. The Hall–Kier alpha value is -2.08. The third kappa shape index (κ3) is 5.50. The Kier molecular flexibility index (Phi) is 7.53. The second-order valence-electron chi connectivity index (χ2n) is 7.97. The molecule has 1 aromatic carbocycles. The number of thiazole rings is 1. The molecular weight excluding hydrogens is 384 g/mol. The van der Waals surface area contributed by atoms with E-state index in [-0.39, 0.29) is 5.91 Å². The SMILES string of the molecule is COc1ccc(CCC2CCCCN2C(=O)Cc2csc(C(C)C)n2)cc1OC. The number of rotatable bonds is 8. The Labute approximate surface area is 178 Å². The van der Waals surface area contributed by atoms with Gasteiger partial charge in [-0.25, -0.2) is 4.98 Å². The van der Waals surface area contributed by atoms with Crippen molar-refractivity contribution in [1.82, 2.24) is 9.88 Å². The monoisotopic (exact) mass is 416 g/mol. The van der Waals surface area contributed by atoms with Crippen LogP contribution in [-0.2, 0) is 17.6 Å². The van der Waals surface area contributed by atoms with Crippen LogP contribution in [0.25, 0.3) is 0 Å². The molecule has 3 rings (SSSR count). The van der Waals surface area contributed by atoms with Crippen molar-refractivity contribution in [2.45, 2.75) is 64.3 Å². The summed E-state index contributed by atoms with van der Waals surface area (Å²) in [4.78, 5) is 19.7. The summed E-state index contributed by atoms with van der Waals surface area (Å²) in [6.45, 7) is 5.13. The number of aromatic nitrogens is 1. The lowest BCUT2D eigenvalue weighted by molar-refractivity contribution is -0.134. The average Bonchev–Trinajstić information content (AvgIpc) is 3.21. The molecule has 1 saturated heterocycles. The van der Waals surface area contributed by atoms with E-state index in [1.807, 2.05) is 17.5 Å². The standard InChI is InChI=1S/C23H32N2O3S/c1-16(2)23-24-18(15-29-23)14-22(26)25-12-6-5-7-19(25)10-8-17-9-11-20(27-3)21(13-17)28-4/h9,11,13,15-16,19H,5-8,10,12,14H2,1-4H3. The highest BCUT2D eigenvalue weighted by atomic mass is 32.1. The molecular formula is C23H32N2O3S. The van der Waals surface area contributed by atoms with Gasteiger partial charge in [-0.3, -0.25) is 4.79 Å². The van der Waals surface area contributed by atoms with Gasteiger partial charge in [0.1, 0.15) is 0 Å². The lowest BCUT2D eigenvalue weighted by atomic mass is 9.95. The van der Waals surface area contributed by atoms with Crippen LogP contribution in [0.2, 0.25) is 0 Å². The van der Waals surface area contributed by atoms with E-state index in [9.17, 15) is 4.79 Å². The van der Waals surface area contributed by atoms with Gasteiger partial charge >= 0.3 is 0 Å². The van der Waals surface area contributed by atoms with E-state index in [0.717, 1.165) is 54.4 Å². The van der Waals surface area contributed by atoms with E-state index in [4.69, 9.17) is 9.47 Å². The van der Waals surface area contributed by atoms with Crippen molar-refractivity contribution >= 4 is 17.2 Å². The van der Waals surface area contributed by atoms with Gasteiger partial charge in [0.15, 0.2) is 11.5 Å². The molecule has 1 unspecified atom stereocenters. The summed E-state index contributed by atoms with van der Waals surface area (Å²) >= 11 is 1.66. The van der Waals surface area contributed by atoms with Gasteiger partial charge in [0.05, 0.1) is 31.3 Å². The molecule has 1 aliphatic heterocycles. The van der Waals surface area contributed by atoms with Crippen molar-refractivity contribution in [2.24, 2.45) is 0 Å². The minimum absolute atomic E-state index is 0.211. The van der Waals surface area contributed by atoms with Gasteiger partial charge in [0.25, 0.3) is 0 Å². The van der Waals surface area contributed by atoms with Gasteiger partial charge in [-0.2, -0.15) is 0 Å². The van der Waals surface area contributed by atoms with Crippen LogP contribution in [0.1, 0.15) is 61.7 Å². The summed E-state index contributed by atoms with van der Waals surface area (Å²) in [6, 6.07) is 6.37. The molecule has 0 saturated carbocycles. The van der Waals surface area contributed by atoms with Gasteiger partial charge in [0.2, 0.25) is 5.91 Å². The quantitative estimate of drug-likeness (QED) is 0.618. The summed E-state index contributed by atoms with van der Waals surface area (Å²) in [7, 11) is 3.31. The molecule has 6 heteroatoms. The van der Waals surface area contributed by atoms with Crippen LogP contribution in [0.4, 0.5) is 0 Å². The Morgan fingerprint density at radius 2 is 2.03 bits per heavy atom. The summed E-state index contributed by atoms with van der Waals surface area (Å²) in [5.41, 5.74) is 2.12. The number of carbonyl (C=O) groups excluding carboxylic acids is 1. The van der Waals surface area contributed by atoms with Gasteiger partial charge in [0, 0.05) is 23.9 Å². The fourth-order valence-corrected chi connectivity index (χ4v) is 4.76. The lowest BCUT2D eigenvalue weighted by Crippen LogP contribution is -2.44. The van der Waals surface area contributed by atoms with Gasteiger partial charge in [-0.1, -0.05) is 19.9 Å². The largest absolute Gasteiger partial charge is 0.493 e.